The molecule has 0 saturated heterocycles. The number of hydrogen-bond acceptors (Lipinski definition) is 2. The van der Waals surface area contributed by atoms with Gasteiger partial charge in [0, 0.05) is 28.2 Å². The zero-order valence-corrected chi connectivity index (χ0v) is 15.7. The van der Waals surface area contributed by atoms with E-state index in [9.17, 15) is 4.79 Å². The summed E-state index contributed by atoms with van der Waals surface area (Å²) in [6.45, 7) is 0. The van der Waals surface area contributed by atoms with Crippen molar-refractivity contribution in [3.63, 3.8) is 0 Å². The van der Waals surface area contributed by atoms with Crippen molar-refractivity contribution in [3.05, 3.63) is 119 Å². The predicted octanol–water partition coefficient (Wildman–Crippen LogP) is 6.31. The largest absolute Gasteiger partial charge is 0.456 e. The number of ether oxygens (including phenoxy) is 1. The van der Waals surface area contributed by atoms with Crippen LogP contribution in [-0.4, -0.2) is 5.78 Å². The van der Waals surface area contributed by atoms with Crippen molar-refractivity contribution in [3.8, 4) is 11.5 Å². The van der Waals surface area contributed by atoms with E-state index in [0.717, 1.165) is 39.3 Å². The van der Waals surface area contributed by atoms with Gasteiger partial charge in [-0.15, -0.1) is 0 Å². The maximum atomic E-state index is 13.2. The molecule has 2 heteroatoms. The number of benzene rings is 3. The lowest BCUT2D eigenvalue weighted by Crippen LogP contribution is -2.30. The number of Topliss-reactive ketones (excluding diaryl/α,β-unsaturated/α-hetero) is 1. The van der Waals surface area contributed by atoms with Gasteiger partial charge >= 0.3 is 0 Å². The van der Waals surface area contributed by atoms with Crippen LogP contribution in [0.4, 0.5) is 0 Å². The third-order valence-electron chi connectivity index (χ3n) is 6.06. The van der Waals surface area contributed by atoms with Gasteiger partial charge in [-0.1, -0.05) is 85.0 Å². The Kier molecular flexibility index (Phi) is 3.48. The van der Waals surface area contributed by atoms with E-state index in [2.05, 4.69) is 30.4 Å². The first kappa shape index (κ1) is 16.3. The Morgan fingerprint density at radius 1 is 0.586 bits per heavy atom. The molecule has 0 N–H and O–H groups in total. The molecule has 0 fully saturated rings. The van der Waals surface area contributed by atoms with Gasteiger partial charge in [-0.3, -0.25) is 4.79 Å². The average Bonchev–Trinajstić information content (AvgIpc) is 2.79. The molecule has 3 aromatic carbocycles. The molecule has 1 aliphatic heterocycles. The monoisotopic (exact) mass is 374 g/mol. The normalized spacial score (nSPS) is 21.0. The van der Waals surface area contributed by atoms with Gasteiger partial charge in [0.05, 0.1) is 5.92 Å². The Balaban J connectivity index is 1.76. The van der Waals surface area contributed by atoms with Gasteiger partial charge in [0.1, 0.15) is 11.5 Å². The molecule has 0 aromatic heterocycles. The van der Waals surface area contributed by atoms with Gasteiger partial charge < -0.3 is 4.74 Å². The van der Waals surface area contributed by atoms with Crippen LogP contribution < -0.4 is 4.74 Å². The van der Waals surface area contributed by atoms with Crippen LogP contribution in [-0.2, 0) is 0 Å². The molecule has 0 saturated carbocycles. The lowest BCUT2D eigenvalue weighted by molar-refractivity contribution is 0.0927. The molecular weight excluding hydrogens is 356 g/mol. The summed E-state index contributed by atoms with van der Waals surface area (Å²) in [5.41, 5.74) is 6.35. The van der Waals surface area contributed by atoms with Gasteiger partial charge in [-0.05, 0) is 23.3 Å². The highest BCUT2D eigenvalue weighted by Gasteiger charge is 2.39. The number of ketones is 1. The number of allylic oxidation sites excluding steroid dienone is 5. The second-order valence-electron chi connectivity index (χ2n) is 7.61. The van der Waals surface area contributed by atoms with Crippen molar-refractivity contribution >= 4 is 16.9 Å². The van der Waals surface area contributed by atoms with Crippen LogP contribution in [0, 0.1) is 11.8 Å². The smallest absolute Gasteiger partial charge is 0.171 e. The molecular formula is C27H18O2. The summed E-state index contributed by atoms with van der Waals surface area (Å²) in [7, 11) is 0. The summed E-state index contributed by atoms with van der Waals surface area (Å²) in [6, 6.07) is 24.4. The van der Waals surface area contributed by atoms with Crippen LogP contribution in [0.5, 0.6) is 11.5 Å². The minimum absolute atomic E-state index is 0.0108. The predicted molar refractivity (Wildman–Crippen MR) is 115 cm³/mol. The molecule has 1 heterocycles. The molecule has 2 unspecified atom stereocenters. The summed E-state index contributed by atoms with van der Waals surface area (Å²) in [5, 5.41) is 0. The van der Waals surface area contributed by atoms with E-state index in [1.165, 1.54) is 5.57 Å². The summed E-state index contributed by atoms with van der Waals surface area (Å²) in [4.78, 5) is 13.2. The topological polar surface area (TPSA) is 26.3 Å². The lowest BCUT2D eigenvalue weighted by atomic mass is 9.67. The molecule has 0 radical (unpaired) electrons. The standard InChI is InChI=1S/C27H18O2/c28-27-19-11-3-1-9-17(19)25(18-10-2-4-12-20(18)27)26-21-13-5-7-15-23(21)29-24-16-8-6-14-22(24)26/h1-17,19H. The van der Waals surface area contributed by atoms with Crippen LogP contribution in [0.25, 0.3) is 11.1 Å². The SMILES string of the molecule is O=C1c2ccccc2C(=C2c3ccccc3Oc3ccccc32)C2C=CC=CC12. The van der Waals surface area contributed by atoms with Crippen molar-refractivity contribution in [1.82, 2.24) is 0 Å². The number of carbonyl (C=O) groups excluding carboxylic acids is 1. The molecule has 0 amide bonds. The Labute approximate surface area is 169 Å². The Bertz CT molecular complexity index is 1210. The third kappa shape index (κ3) is 2.32. The Morgan fingerprint density at radius 3 is 1.76 bits per heavy atom. The zero-order chi connectivity index (χ0) is 19.4. The van der Waals surface area contributed by atoms with Crippen LogP contribution in [0.1, 0.15) is 27.0 Å². The maximum absolute atomic E-state index is 13.2. The van der Waals surface area contributed by atoms with E-state index in [0.29, 0.717) is 0 Å². The fourth-order valence-electron chi connectivity index (χ4n) is 4.80. The zero-order valence-electron chi connectivity index (χ0n) is 15.7. The van der Waals surface area contributed by atoms with Gasteiger partial charge in [-0.25, -0.2) is 0 Å². The number of hydrogen-bond donors (Lipinski definition) is 0. The van der Waals surface area contributed by atoms with Crippen LogP contribution >= 0.6 is 0 Å². The molecule has 138 valence electrons. The summed E-state index contributed by atoms with van der Waals surface area (Å²) in [5.74, 6) is 1.75. The van der Waals surface area contributed by atoms with E-state index < -0.39 is 0 Å². The molecule has 2 aliphatic carbocycles. The fraction of sp³-hybridized carbons (Fsp3) is 0.0741. The molecule has 2 nitrogen and oxygen atoms in total. The molecule has 3 aliphatic rings. The third-order valence-corrected chi connectivity index (χ3v) is 6.06. The molecule has 29 heavy (non-hydrogen) atoms. The number of fused-ring (bicyclic) bond motifs is 4. The van der Waals surface area contributed by atoms with Crippen LogP contribution in [0.3, 0.4) is 0 Å². The second kappa shape index (κ2) is 6.18. The van der Waals surface area contributed by atoms with Gasteiger partial charge in [-0.2, -0.15) is 0 Å². The van der Waals surface area contributed by atoms with Crippen molar-refractivity contribution < 1.29 is 9.53 Å². The first-order valence-electron chi connectivity index (χ1n) is 9.92. The summed E-state index contributed by atoms with van der Waals surface area (Å²) in [6.07, 6.45) is 8.25. The fourth-order valence-corrected chi connectivity index (χ4v) is 4.80. The number of para-hydroxylation sites is 2. The van der Waals surface area contributed by atoms with Crippen molar-refractivity contribution in [2.75, 3.05) is 0 Å². The quantitative estimate of drug-likeness (QED) is 0.361. The van der Waals surface area contributed by atoms with Gasteiger partial charge in [0.25, 0.3) is 0 Å². The molecule has 0 bridgehead atoms. The maximum Gasteiger partial charge on any atom is 0.171 e. The first-order valence-corrected chi connectivity index (χ1v) is 9.92. The highest BCUT2D eigenvalue weighted by atomic mass is 16.5. The van der Waals surface area contributed by atoms with Gasteiger partial charge in [0.2, 0.25) is 0 Å². The minimum Gasteiger partial charge on any atom is -0.456 e. The van der Waals surface area contributed by atoms with E-state index in [4.69, 9.17) is 4.74 Å². The summed E-state index contributed by atoms with van der Waals surface area (Å²) >= 11 is 0. The van der Waals surface area contributed by atoms with Crippen molar-refractivity contribution in [1.29, 1.82) is 0 Å². The number of carbonyl (C=O) groups is 1. The molecule has 3 aromatic rings. The van der Waals surface area contributed by atoms with Crippen LogP contribution in [0.2, 0.25) is 0 Å². The summed E-state index contributed by atoms with van der Waals surface area (Å²) < 4.78 is 6.21. The highest BCUT2D eigenvalue weighted by Crippen LogP contribution is 2.52. The second-order valence-corrected chi connectivity index (χ2v) is 7.61. The Hall–Kier alpha value is -3.65. The highest BCUT2D eigenvalue weighted by molar-refractivity contribution is 6.14. The molecule has 6 rings (SSSR count). The van der Waals surface area contributed by atoms with E-state index in [1.54, 1.807) is 0 Å². The number of rotatable bonds is 0. The van der Waals surface area contributed by atoms with Gasteiger partial charge in [0.15, 0.2) is 5.78 Å². The lowest BCUT2D eigenvalue weighted by Gasteiger charge is -2.36. The van der Waals surface area contributed by atoms with Crippen molar-refractivity contribution in [2.45, 2.75) is 0 Å². The van der Waals surface area contributed by atoms with Crippen molar-refractivity contribution in [2.24, 2.45) is 11.8 Å². The van der Waals surface area contributed by atoms with Crippen LogP contribution in [0.15, 0.2) is 97.1 Å². The molecule has 2 atom stereocenters. The molecule has 0 spiro atoms. The van der Waals surface area contributed by atoms with E-state index in [1.807, 2.05) is 66.7 Å². The van der Waals surface area contributed by atoms with E-state index >= 15 is 0 Å². The minimum atomic E-state index is -0.167. The first-order chi connectivity index (χ1) is 14.3. The Morgan fingerprint density at radius 2 is 1.10 bits per heavy atom. The average molecular weight is 374 g/mol. The van der Waals surface area contributed by atoms with E-state index in [-0.39, 0.29) is 17.6 Å².